The van der Waals surface area contributed by atoms with E-state index < -0.39 is 6.29 Å². The van der Waals surface area contributed by atoms with E-state index in [1.165, 1.54) is 0 Å². The summed E-state index contributed by atoms with van der Waals surface area (Å²) in [6.45, 7) is 1.99. The Morgan fingerprint density at radius 3 is 2.45 bits per heavy atom. The Morgan fingerprint density at radius 1 is 1.45 bits per heavy atom. The Kier molecular flexibility index (Phi) is 6.45. The summed E-state index contributed by atoms with van der Waals surface area (Å²) in [5, 5.41) is 17.3. The zero-order chi connectivity index (χ0) is 8.69. The molecule has 0 saturated carbocycles. The lowest BCUT2D eigenvalue weighted by Gasteiger charge is -2.17. The molecule has 0 amide bonds. The molecule has 0 aliphatic carbocycles. The summed E-state index contributed by atoms with van der Waals surface area (Å²) in [6, 6.07) is 0. The number of methoxy groups -OCH3 is 1. The maximum Gasteiger partial charge on any atom is 0.178 e. The van der Waals surface area contributed by atoms with Crippen LogP contribution in [0.25, 0.3) is 0 Å². The van der Waals surface area contributed by atoms with Gasteiger partial charge in [-0.3, -0.25) is 0 Å². The van der Waals surface area contributed by atoms with Crippen molar-refractivity contribution >= 4 is 0 Å². The van der Waals surface area contributed by atoms with E-state index in [-0.39, 0.29) is 12.7 Å². The Balaban J connectivity index is 3.49. The van der Waals surface area contributed by atoms with Gasteiger partial charge in [-0.15, -0.1) is 0 Å². The molecule has 2 N–H and O–H groups in total. The smallest absolute Gasteiger partial charge is 0.178 e. The second kappa shape index (κ2) is 6.54. The molecular formula is C7H16O4. The molecule has 2 unspecified atom stereocenters. The first-order valence-corrected chi connectivity index (χ1v) is 3.67. The van der Waals surface area contributed by atoms with E-state index in [2.05, 4.69) is 0 Å². The van der Waals surface area contributed by atoms with Gasteiger partial charge in [-0.2, -0.15) is 0 Å². The first-order chi connectivity index (χ1) is 5.24. The van der Waals surface area contributed by atoms with Crippen LogP contribution in [-0.4, -0.2) is 42.9 Å². The monoisotopic (exact) mass is 164 g/mol. The Hall–Kier alpha value is -0.160. The van der Waals surface area contributed by atoms with E-state index in [0.29, 0.717) is 6.61 Å². The maximum absolute atomic E-state index is 8.86. The summed E-state index contributed by atoms with van der Waals surface area (Å²) in [4.78, 5) is 0. The number of hydrogen-bond acceptors (Lipinski definition) is 4. The normalized spacial score (nSPS) is 16.4. The van der Waals surface area contributed by atoms with Crippen LogP contribution in [0.4, 0.5) is 0 Å². The van der Waals surface area contributed by atoms with Crippen LogP contribution >= 0.6 is 0 Å². The molecule has 0 aromatic heterocycles. The number of rotatable bonds is 6. The number of ether oxygens (including phenoxy) is 2. The van der Waals surface area contributed by atoms with Gasteiger partial charge in [-0.1, -0.05) is 6.92 Å². The van der Waals surface area contributed by atoms with Crippen LogP contribution in [0.5, 0.6) is 0 Å². The number of hydrogen-bond donors (Lipinski definition) is 2. The van der Waals surface area contributed by atoms with Crippen LogP contribution in [-0.2, 0) is 9.47 Å². The molecule has 0 spiro atoms. The third-order valence-electron chi connectivity index (χ3n) is 1.31. The van der Waals surface area contributed by atoms with Crippen molar-refractivity contribution in [1.29, 1.82) is 0 Å². The molecule has 68 valence electrons. The molecule has 4 heteroatoms. The SMILES string of the molecule is CCC(COC)OC(O)CO. The first kappa shape index (κ1) is 10.8. The topological polar surface area (TPSA) is 58.9 Å². The predicted molar refractivity (Wildman–Crippen MR) is 40.1 cm³/mol. The Bertz CT molecular complexity index is 86.5. The minimum atomic E-state index is -1.09. The highest BCUT2D eigenvalue weighted by atomic mass is 16.6. The molecular weight excluding hydrogens is 148 g/mol. The minimum Gasteiger partial charge on any atom is -0.391 e. The van der Waals surface area contributed by atoms with Gasteiger partial charge in [0.1, 0.15) is 0 Å². The van der Waals surface area contributed by atoms with Crippen molar-refractivity contribution in [2.24, 2.45) is 0 Å². The van der Waals surface area contributed by atoms with Crippen molar-refractivity contribution in [1.82, 2.24) is 0 Å². The molecule has 0 aromatic rings. The fourth-order valence-corrected chi connectivity index (χ4v) is 0.704. The van der Waals surface area contributed by atoms with E-state index in [1.54, 1.807) is 7.11 Å². The van der Waals surface area contributed by atoms with E-state index in [9.17, 15) is 0 Å². The quantitative estimate of drug-likeness (QED) is 0.531. The van der Waals surface area contributed by atoms with Gasteiger partial charge in [-0.05, 0) is 6.42 Å². The molecule has 2 atom stereocenters. The van der Waals surface area contributed by atoms with Crippen molar-refractivity contribution < 1.29 is 19.7 Å². The lowest BCUT2D eigenvalue weighted by molar-refractivity contribution is -0.167. The van der Waals surface area contributed by atoms with Crippen molar-refractivity contribution in [3.05, 3.63) is 0 Å². The highest BCUT2D eigenvalue weighted by Gasteiger charge is 2.10. The van der Waals surface area contributed by atoms with Crippen molar-refractivity contribution in [2.45, 2.75) is 25.7 Å². The summed E-state index contributed by atoms with van der Waals surface area (Å²) in [5.74, 6) is 0. The standard InChI is InChI=1S/C7H16O4/c1-3-6(5-10-2)11-7(9)4-8/h6-9H,3-5H2,1-2H3. The number of aliphatic hydroxyl groups excluding tert-OH is 2. The van der Waals surface area contributed by atoms with E-state index in [4.69, 9.17) is 19.7 Å². The average molecular weight is 164 g/mol. The molecule has 0 fully saturated rings. The lowest BCUT2D eigenvalue weighted by atomic mass is 10.3. The summed E-state index contributed by atoms with van der Waals surface area (Å²) in [7, 11) is 1.57. The van der Waals surface area contributed by atoms with Crippen LogP contribution in [0.1, 0.15) is 13.3 Å². The molecule has 0 bridgehead atoms. The van der Waals surface area contributed by atoms with Gasteiger partial charge in [0.2, 0.25) is 0 Å². The highest BCUT2D eigenvalue weighted by molar-refractivity contribution is 4.53. The van der Waals surface area contributed by atoms with Gasteiger partial charge in [-0.25, -0.2) is 0 Å². The minimum absolute atomic E-state index is 0.137. The molecule has 0 radical (unpaired) electrons. The molecule has 4 nitrogen and oxygen atoms in total. The van der Waals surface area contributed by atoms with Crippen molar-refractivity contribution in [2.75, 3.05) is 20.3 Å². The van der Waals surface area contributed by atoms with Gasteiger partial charge >= 0.3 is 0 Å². The summed E-state index contributed by atoms with van der Waals surface area (Å²) >= 11 is 0. The molecule has 0 aromatic carbocycles. The summed E-state index contributed by atoms with van der Waals surface area (Å²) < 4.78 is 9.79. The van der Waals surface area contributed by atoms with Crippen LogP contribution in [0, 0.1) is 0 Å². The van der Waals surface area contributed by atoms with Gasteiger partial charge in [0.15, 0.2) is 6.29 Å². The van der Waals surface area contributed by atoms with E-state index in [1.807, 2.05) is 6.92 Å². The highest BCUT2D eigenvalue weighted by Crippen LogP contribution is 2.00. The Labute approximate surface area is 66.7 Å². The molecule has 0 heterocycles. The second-order valence-electron chi connectivity index (χ2n) is 2.26. The number of aliphatic hydroxyl groups is 2. The zero-order valence-electron chi connectivity index (χ0n) is 6.99. The second-order valence-corrected chi connectivity index (χ2v) is 2.26. The van der Waals surface area contributed by atoms with Crippen LogP contribution in [0.15, 0.2) is 0 Å². The van der Waals surface area contributed by atoms with Crippen molar-refractivity contribution in [3.63, 3.8) is 0 Å². The molecule has 0 saturated heterocycles. The van der Waals surface area contributed by atoms with Crippen LogP contribution < -0.4 is 0 Å². The third kappa shape index (κ3) is 5.15. The Morgan fingerprint density at radius 2 is 2.09 bits per heavy atom. The first-order valence-electron chi connectivity index (χ1n) is 3.67. The predicted octanol–water partition coefficient (Wildman–Crippen LogP) is -0.261. The largest absolute Gasteiger partial charge is 0.391 e. The molecule has 0 aliphatic rings. The van der Waals surface area contributed by atoms with Gasteiger partial charge in [0, 0.05) is 7.11 Å². The molecule has 0 rings (SSSR count). The van der Waals surface area contributed by atoms with Gasteiger partial charge < -0.3 is 19.7 Å². The van der Waals surface area contributed by atoms with Crippen LogP contribution in [0.3, 0.4) is 0 Å². The van der Waals surface area contributed by atoms with Crippen molar-refractivity contribution in [3.8, 4) is 0 Å². The van der Waals surface area contributed by atoms with E-state index in [0.717, 1.165) is 6.42 Å². The summed E-state index contributed by atoms with van der Waals surface area (Å²) in [6.07, 6.45) is -0.470. The molecule has 0 aliphatic heterocycles. The summed E-state index contributed by atoms with van der Waals surface area (Å²) in [5.41, 5.74) is 0. The fourth-order valence-electron chi connectivity index (χ4n) is 0.704. The lowest BCUT2D eigenvalue weighted by Crippen LogP contribution is -2.27. The maximum atomic E-state index is 8.86. The average Bonchev–Trinajstić information content (AvgIpc) is 2.03. The van der Waals surface area contributed by atoms with Gasteiger partial charge in [0.25, 0.3) is 0 Å². The zero-order valence-corrected chi connectivity index (χ0v) is 6.99. The van der Waals surface area contributed by atoms with E-state index >= 15 is 0 Å². The fraction of sp³-hybridized carbons (Fsp3) is 1.00. The van der Waals surface area contributed by atoms with Gasteiger partial charge in [0.05, 0.1) is 19.3 Å². The molecule has 11 heavy (non-hydrogen) atoms. The van der Waals surface area contributed by atoms with Crippen LogP contribution in [0.2, 0.25) is 0 Å². The third-order valence-corrected chi connectivity index (χ3v) is 1.31.